The molecular weight excluding hydrogens is 429 g/mol. The molecule has 5 nitrogen and oxygen atoms in total. The molecular formula is C21H19BrFNO4. The number of benzene rings is 2. The normalized spacial score (nSPS) is 16.9. The van der Waals surface area contributed by atoms with Crippen molar-refractivity contribution in [2.24, 2.45) is 0 Å². The lowest BCUT2D eigenvalue weighted by molar-refractivity contribution is -0.107. The summed E-state index contributed by atoms with van der Waals surface area (Å²) in [6, 6.07) is 12.0. The molecule has 0 spiro atoms. The lowest BCUT2D eigenvalue weighted by Gasteiger charge is -2.24. The maximum Gasteiger partial charge on any atom is 0.355 e. The predicted molar refractivity (Wildman–Crippen MR) is 106 cm³/mol. The molecule has 1 unspecified atom stereocenters. The zero-order chi connectivity index (χ0) is 19.7. The van der Waals surface area contributed by atoms with Crippen LogP contribution in [0.1, 0.15) is 29.8 Å². The molecule has 0 N–H and O–H groups in total. The molecule has 0 radical (unpaired) electrons. The maximum absolute atomic E-state index is 14.4. The van der Waals surface area contributed by atoms with Crippen LogP contribution in [0.2, 0.25) is 0 Å². The molecule has 0 amide bonds. The fourth-order valence-corrected chi connectivity index (χ4v) is 3.77. The lowest BCUT2D eigenvalue weighted by Crippen LogP contribution is -2.25. The third kappa shape index (κ3) is 3.64. The van der Waals surface area contributed by atoms with E-state index in [-0.39, 0.29) is 5.75 Å². The summed E-state index contributed by atoms with van der Waals surface area (Å²) in [6.45, 7) is 0.607. The van der Waals surface area contributed by atoms with Crippen molar-refractivity contribution >= 4 is 32.8 Å². The van der Waals surface area contributed by atoms with Crippen LogP contribution in [0.25, 0.3) is 16.6 Å². The van der Waals surface area contributed by atoms with Gasteiger partial charge in [0.05, 0.1) is 24.9 Å². The third-order valence-electron chi connectivity index (χ3n) is 4.73. The number of aromatic nitrogens is 1. The Morgan fingerprint density at radius 1 is 1.21 bits per heavy atom. The van der Waals surface area contributed by atoms with Crippen LogP contribution in [0.3, 0.4) is 0 Å². The van der Waals surface area contributed by atoms with Crippen LogP contribution < -0.4 is 4.74 Å². The number of methoxy groups -OCH3 is 1. The topological polar surface area (TPSA) is 49.7 Å². The number of nitrogens with zero attached hydrogens (tertiary/aromatic N) is 1. The van der Waals surface area contributed by atoms with Crippen molar-refractivity contribution < 1.29 is 23.4 Å². The summed E-state index contributed by atoms with van der Waals surface area (Å²) < 4.78 is 33.2. The molecule has 1 aliphatic rings. The van der Waals surface area contributed by atoms with Crippen LogP contribution in [-0.4, -0.2) is 30.5 Å². The molecule has 28 heavy (non-hydrogen) atoms. The Morgan fingerprint density at radius 2 is 2.07 bits per heavy atom. The van der Waals surface area contributed by atoms with E-state index < -0.39 is 18.1 Å². The highest BCUT2D eigenvalue weighted by atomic mass is 79.9. The van der Waals surface area contributed by atoms with Gasteiger partial charge in [0.2, 0.25) is 0 Å². The molecule has 1 aromatic heterocycles. The molecule has 2 heterocycles. The highest BCUT2D eigenvalue weighted by molar-refractivity contribution is 9.10. The van der Waals surface area contributed by atoms with Crippen molar-refractivity contribution in [1.29, 1.82) is 0 Å². The Balaban J connectivity index is 1.80. The highest BCUT2D eigenvalue weighted by Crippen LogP contribution is 2.31. The quantitative estimate of drug-likeness (QED) is 0.514. The van der Waals surface area contributed by atoms with Crippen molar-refractivity contribution in [1.82, 2.24) is 4.57 Å². The molecule has 1 fully saturated rings. The second-order valence-electron chi connectivity index (χ2n) is 6.59. The first-order valence-corrected chi connectivity index (χ1v) is 9.83. The average molecular weight is 448 g/mol. The van der Waals surface area contributed by atoms with Crippen molar-refractivity contribution in [2.45, 2.75) is 25.6 Å². The number of ether oxygens (including phenoxy) is 3. The summed E-state index contributed by atoms with van der Waals surface area (Å²) in [5.41, 5.74) is 1.75. The van der Waals surface area contributed by atoms with Gasteiger partial charge in [-0.05, 0) is 49.2 Å². The summed E-state index contributed by atoms with van der Waals surface area (Å²) in [4.78, 5) is 12.4. The zero-order valence-electron chi connectivity index (χ0n) is 15.3. The Kier molecular flexibility index (Phi) is 5.37. The fraction of sp³-hybridized carbons (Fsp3) is 0.286. The van der Waals surface area contributed by atoms with Gasteiger partial charge < -0.3 is 18.8 Å². The van der Waals surface area contributed by atoms with Crippen LogP contribution in [0.15, 0.2) is 46.9 Å². The molecule has 1 atom stereocenters. The van der Waals surface area contributed by atoms with Crippen LogP contribution >= 0.6 is 15.9 Å². The maximum atomic E-state index is 14.4. The van der Waals surface area contributed by atoms with Gasteiger partial charge in [0, 0.05) is 22.3 Å². The number of rotatable bonds is 4. The first-order chi connectivity index (χ1) is 13.6. The van der Waals surface area contributed by atoms with Gasteiger partial charge in [-0.15, -0.1) is 0 Å². The third-order valence-corrected chi connectivity index (χ3v) is 5.22. The Hall–Kier alpha value is -2.38. The summed E-state index contributed by atoms with van der Waals surface area (Å²) >= 11 is 3.44. The predicted octanol–water partition coefficient (Wildman–Crippen LogP) is 5.22. The van der Waals surface area contributed by atoms with Gasteiger partial charge in [-0.3, -0.25) is 0 Å². The van der Waals surface area contributed by atoms with E-state index in [1.807, 2.05) is 18.2 Å². The molecule has 3 aromatic rings. The minimum absolute atomic E-state index is 0.0965. The molecule has 1 aliphatic heterocycles. The van der Waals surface area contributed by atoms with Crippen LogP contribution in [0, 0.1) is 5.82 Å². The highest BCUT2D eigenvalue weighted by Gasteiger charge is 2.21. The van der Waals surface area contributed by atoms with Gasteiger partial charge in [-0.2, -0.15) is 0 Å². The van der Waals surface area contributed by atoms with Crippen LogP contribution in [0.4, 0.5) is 4.39 Å². The number of hydrogen-bond donors (Lipinski definition) is 0. The molecule has 146 valence electrons. The molecule has 2 aromatic carbocycles. The average Bonchev–Trinajstić information content (AvgIpc) is 3.08. The second kappa shape index (κ2) is 7.93. The molecule has 0 bridgehead atoms. The zero-order valence-corrected chi connectivity index (χ0v) is 16.9. The van der Waals surface area contributed by atoms with Gasteiger partial charge in [0.15, 0.2) is 17.9 Å². The Labute approximate surface area is 170 Å². The van der Waals surface area contributed by atoms with E-state index in [9.17, 15) is 9.18 Å². The van der Waals surface area contributed by atoms with Gasteiger partial charge in [0.1, 0.15) is 5.69 Å². The second-order valence-corrected chi connectivity index (χ2v) is 7.50. The van der Waals surface area contributed by atoms with E-state index in [2.05, 4.69) is 15.9 Å². The molecule has 0 saturated carbocycles. The van der Waals surface area contributed by atoms with Gasteiger partial charge in [-0.1, -0.05) is 15.9 Å². The lowest BCUT2D eigenvalue weighted by atomic mass is 10.2. The van der Waals surface area contributed by atoms with Crippen LogP contribution in [0.5, 0.6) is 5.75 Å². The summed E-state index contributed by atoms with van der Waals surface area (Å²) in [6.07, 6.45) is 2.22. The summed E-state index contributed by atoms with van der Waals surface area (Å²) in [5.74, 6) is -0.856. The van der Waals surface area contributed by atoms with E-state index in [1.165, 1.54) is 13.2 Å². The van der Waals surface area contributed by atoms with Gasteiger partial charge in [-0.25, -0.2) is 9.18 Å². The van der Waals surface area contributed by atoms with E-state index in [0.717, 1.165) is 34.6 Å². The van der Waals surface area contributed by atoms with E-state index >= 15 is 0 Å². The van der Waals surface area contributed by atoms with Crippen molar-refractivity contribution in [2.75, 3.05) is 13.7 Å². The van der Waals surface area contributed by atoms with E-state index in [1.54, 1.807) is 22.8 Å². The van der Waals surface area contributed by atoms with Crippen molar-refractivity contribution in [3.63, 3.8) is 0 Å². The SMILES string of the molecule is COC(=O)c1cc2cc(Br)ccc2n1-c1ccc(F)c(OC2CCCCO2)c1. The number of hydrogen-bond acceptors (Lipinski definition) is 4. The van der Waals surface area contributed by atoms with E-state index in [0.29, 0.717) is 18.0 Å². The van der Waals surface area contributed by atoms with Crippen LogP contribution in [-0.2, 0) is 9.47 Å². The summed E-state index contributed by atoms with van der Waals surface area (Å²) in [5, 5.41) is 0.859. The monoisotopic (exact) mass is 447 g/mol. The minimum Gasteiger partial charge on any atom is -0.464 e. The summed E-state index contributed by atoms with van der Waals surface area (Å²) in [7, 11) is 1.33. The first kappa shape index (κ1) is 19.0. The Bertz CT molecular complexity index is 1030. The van der Waals surface area contributed by atoms with Crippen molar-refractivity contribution in [3.05, 3.63) is 58.4 Å². The number of halogens is 2. The standard InChI is InChI=1S/C21H19BrFNO4/c1-26-21(25)18-11-13-10-14(22)5-8-17(13)24(18)15-6-7-16(23)19(12-15)28-20-4-2-3-9-27-20/h5-8,10-12,20H,2-4,9H2,1H3. The molecule has 7 heteroatoms. The Morgan fingerprint density at radius 3 is 2.82 bits per heavy atom. The largest absolute Gasteiger partial charge is 0.464 e. The number of fused-ring (bicyclic) bond motifs is 1. The molecule has 4 rings (SSSR count). The number of carbonyl (C=O) groups is 1. The smallest absolute Gasteiger partial charge is 0.355 e. The van der Waals surface area contributed by atoms with Gasteiger partial charge in [0.25, 0.3) is 0 Å². The fourth-order valence-electron chi connectivity index (χ4n) is 3.39. The number of esters is 1. The van der Waals surface area contributed by atoms with Gasteiger partial charge >= 0.3 is 5.97 Å². The number of carbonyl (C=O) groups excluding carboxylic acids is 1. The first-order valence-electron chi connectivity index (χ1n) is 9.04. The minimum atomic E-state index is -0.477. The van der Waals surface area contributed by atoms with Crippen molar-refractivity contribution in [3.8, 4) is 11.4 Å². The molecule has 0 aliphatic carbocycles. The van der Waals surface area contributed by atoms with E-state index in [4.69, 9.17) is 14.2 Å². The molecule has 1 saturated heterocycles.